The van der Waals surface area contributed by atoms with Gasteiger partial charge in [0.1, 0.15) is 5.75 Å². The zero-order valence-electron chi connectivity index (χ0n) is 9.38. The summed E-state index contributed by atoms with van der Waals surface area (Å²) in [6.45, 7) is 0. The number of para-hydroxylation sites is 1. The molecule has 0 N–H and O–H groups in total. The van der Waals surface area contributed by atoms with Crippen LogP contribution >= 0.6 is 0 Å². The molecule has 0 radical (unpaired) electrons. The fourth-order valence-electron chi connectivity index (χ4n) is 2.24. The van der Waals surface area contributed by atoms with Crippen molar-refractivity contribution in [2.75, 3.05) is 7.11 Å². The molecule has 4 nitrogen and oxygen atoms in total. The molecular formula is C13H12O4. The molecule has 0 aliphatic carbocycles. The van der Waals surface area contributed by atoms with Gasteiger partial charge in [0, 0.05) is 19.1 Å². The number of carbonyl (C=O) groups is 1. The molecule has 17 heavy (non-hydrogen) atoms. The van der Waals surface area contributed by atoms with Crippen molar-refractivity contribution in [1.82, 2.24) is 0 Å². The molecular weight excluding hydrogens is 220 g/mol. The lowest BCUT2D eigenvalue weighted by atomic mass is 9.90. The maximum absolute atomic E-state index is 12.0. The highest BCUT2D eigenvalue weighted by Crippen LogP contribution is 2.45. The Balaban J connectivity index is 2.08. The van der Waals surface area contributed by atoms with E-state index in [1.54, 1.807) is 19.3 Å². The normalized spacial score (nSPS) is 30.4. The number of methoxy groups -OCH3 is 1. The Morgan fingerprint density at radius 2 is 2.24 bits per heavy atom. The van der Waals surface area contributed by atoms with Crippen molar-refractivity contribution in [3.8, 4) is 5.75 Å². The third-order valence-corrected chi connectivity index (χ3v) is 3.10. The summed E-state index contributed by atoms with van der Waals surface area (Å²) in [5, 5.41) is 0. The van der Waals surface area contributed by atoms with Crippen LogP contribution in [0.25, 0.3) is 0 Å². The summed E-state index contributed by atoms with van der Waals surface area (Å²) in [7, 11) is 1.54. The molecule has 0 bridgehead atoms. The van der Waals surface area contributed by atoms with E-state index in [0.717, 1.165) is 5.56 Å². The van der Waals surface area contributed by atoms with Gasteiger partial charge in [0.05, 0.1) is 0 Å². The van der Waals surface area contributed by atoms with Crippen molar-refractivity contribution in [3.05, 3.63) is 42.0 Å². The minimum Gasteiger partial charge on any atom is -0.424 e. The molecule has 2 atom stereocenters. The van der Waals surface area contributed by atoms with Gasteiger partial charge in [0.2, 0.25) is 5.60 Å². The second-order valence-corrected chi connectivity index (χ2v) is 4.07. The van der Waals surface area contributed by atoms with Crippen LogP contribution in [0.5, 0.6) is 5.75 Å². The minimum absolute atomic E-state index is 0.370. The third kappa shape index (κ3) is 1.41. The van der Waals surface area contributed by atoms with Crippen LogP contribution in [-0.2, 0) is 19.9 Å². The van der Waals surface area contributed by atoms with E-state index >= 15 is 0 Å². The highest BCUT2D eigenvalue weighted by atomic mass is 16.7. The quantitative estimate of drug-likeness (QED) is 0.420. The molecule has 0 saturated heterocycles. The number of hydrogen-bond acceptors (Lipinski definition) is 4. The predicted molar refractivity (Wildman–Crippen MR) is 59.4 cm³/mol. The van der Waals surface area contributed by atoms with E-state index in [2.05, 4.69) is 0 Å². The number of hydrogen-bond donors (Lipinski definition) is 0. The van der Waals surface area contributed by atoms with Gasteiger partial charge in [-0.25, -0.2) is 4.79 Å². The highest BCUT2D eigenvalue weighted by molar-refractivity contribution is 5.89. The van der Waals surface area contributed by atoms with E-state index < -0.39 is 11.9 Å². The molecule has 3 rings (SSSR count). The van der Waals surface area contributed by atoms with Crippen LogP contribution in [-0.4, -0.2) is 19.4 Å². The monoisotopic (exact) mass is 232 g/mol. The van der Waals surface area contributed by atoms with Gasteiger partial charge >= 0.3 is 5.97 Å². The summed E-state index contributed by atoms with van der Waals surface area (Å²) in [6, 6.07) is 7.32. The summed E-state index contributed by atoms with van der Waals surface area (Å²) >= 11 is 0. The van der Waals surface area contributed by atoms with Gasteiger partial charge in [-0.15, -0.1) is 0 Å². The lowest BCUT2D eigenvalue weighted by Crippen LogP contribution is -2.41. The van der Waals surface area contributed by atoms with Gasteiger partial charge in [-0.1, -0.05) is 24.3 Å². The zero-order chi connectivity index (χ0) is 11.9. The van der Waals surface area contributed by atoms with E-state index in [1.807, 2.05) is 24.3 Å². The lowest BCUT2D eigenvalue weighted by Gasteiger charge is -2.31. The SMILES string of the molecule is COC1C=CCC2(O1)C(=O)Oc1ccccc12. The van der Waals surface area contributed by atoms with Crippen LogP contribution in [0.15, 0.2) is 36.4 Å². The van der Waals surface area contributed by atoms with Gasteiger partial charge in [-0.3, -0.25) is 0 Å². The molecule has 0 saturated carbocycles. The number of esters is 1. The number of ether oxygens (including phenoxy) is 3. The first-order valence-electron chi connectivity index (χ1n) is 5.45. The Labute approximate surface area is 98.8 Å². The first kappa shape index (κ1) is 10.5. The maximum Gasteiger partial charge on any atom is 0.349 e. The average Bonchev–Trinajstić information content (AvgIpc) is 2.63. The number of fused-ring (bicyclic) bond motifs is 2. The summed E-state index contributed by atoms with van der Waals surface area (Å²) in [6.07, 6.45) is 3.64. The van der Waals surface area contributed by atoms with Gasteiger partial charge in [0.15, 0.2) is 6.29 Å². The van der Waals surface area contributed by atoms with E-state index in [-0.39, 0.29) is 5.97 Å². The van der Waals surface area contributed by atoms with Crippen molar-refractivity contribution in [2.24, 2.45) is 0 Å². The molecule has 4 heteroatoms. The predicted octanol–water partition coefficient (Wildman–Crippen LogP) is 1.75. The van der Waals surface area contributed by atoms with Crippen LogP contribution in [0.1, 0.15) is 12.0 Å². The molecule has 2 unspecified atom stereocenters. The molecule has 2 heterocycles. The molecule has 2 aliphatic rings. The molecule has 0 aromatic heterocycles. The van der Waals surface area contributed by atoms with Crippen LogP contribution in [0.4, 0.5) is 0 Å². The van der Waals surface area contributed by atoms with Gasteiger partial charge in [-0.05, 0) is 12.1 Å². The number of carbonyl (C=O) groups excluding carboxylic acids is 1. The smallest absolute Gasteiger partial charge is 0.349 e. The fourth-order valence-corrected chi connectivity index (χ4v) is 2.24. The van der Waals surface area contributed by atoms with E-state index in [1.165, 1.54) is 0 Å². The Kier molecular flexibility index (Phi) is 2.28. The maximum atomic E-state index is 12.0. The van der Waals surface area contributed by atoms with Crippen LogP contribution in [0.2, 0.25) is 0 Å². The molecule has 88 valence electrons. The minimum atomic E-state index is -1.04. The largest absolute Gasteiger partial charge is 0.424 e. The Hall–Kier alpha value is -1.65. The van der Waals surface area contributed by atoms with Crippen molar-refractivity contribution in [1.29, 1.82) is 0 Å². The Morgan fingerprint density at radius 3 is 3.06 bits per heavy atom. The number of benzene rings is 1. The summed E-state index contributed by atoms with van der Waals surface area (Å²) in [5.41, 5.74) is -0.261. The van der Waals surface area contributed by atoms with Gasteiger partial charge < -0.3 is 14.2 Å². The molecule has 0 amide bonds. The van der Waals surface area contributed by atoms with Crippen molar-refractivity contribution >= 4 is 5.97 Å². The van der Waals surface area contributed by atoms with Crippen molar-refractivity contribution in [2.45, 2.75) is 18.3 Å². The van der Waals surface area contributed by atoms with Crippen molar-refractivity contribution < 1.29 is 19.0 Å². The molecule has 1 aromatic rings. The summed E-state index contributed by atoms with van der Waals surface area (Å²) in [4.78, 5) is 12.0. The Bertz CT molecular complexity index is 494. The highest BCUT2D eigenvalue weighted by Gasteiger charge is 2.52. The zero-order valence-corrected chi connectivity index (χ0v) is 9.38. The number of rotatable bonds is 1. The summed E-state index contributed by atoms with van der Waals surface area (Å²) < 4.78 is 16.1. The van der Waals surface area contributed by atoms with E-state index in [0.29, 0.717) is 12.2 Å². The molecule has 0 fully saturated rings. The second kappa shape index (κ2) is 3.68. The summed E-state index contributed by atoms with van der Waals surface area (Å²) in [5.74, 6) is 0.202. The van der Waals surface area contributed by atoms with E-state index in [9.17, 15) is 4.79 Å². The second-order valence-electron chi connectivity index (χ2n) is 4.07. The topological polar surface area (TPSA) is 44.8 Å². The first-order chi connectivity index (χ1) is 8.26. The van der Waals surface area contributed by atoms with Gasteiger partial charge in [-0.2, -0.15) is 0 Å². The lowest BCUT2D eigenvalue weighted by molar-refractivity contribution is -0.199. The average molecular weight is 232 g/mol. The Morgan fingerprint density at radius 1 is 1.41 bits per heavy atom. The third-order valence-electron chi connectivity index (χ3n) is 3.10. The van der Waals surface area contributed by atoms with Gasteiger partial charge in [0.25, 0.3) is 0 Å². The first-order valence-corrected chi connectivity index (χ1v) is 5.45. The van der Waals surface area contributed by atoms with Crippen LogP contribution < -0.4 is 4.74 Å². The molecule has 1 aromatic carbocycles. The standard InChI is InChI=1S/C13H12O4/c1-15-11-7-4-8-13(17-11)9-5-2-3-6-10(9)16-12(13)14/h2-7,11H,8H2,1H3. The van der Waals surface area contributed by atoms with Crippen LogP contribution in [0.3, 0.4) is 0 Å². The molecule has 1 spiro atoms. The molecule has 2 aliphatic heterocycles. The van der Waals surface area contributed by atoms with E-state index in [4.69, 9.17) is 14.2 Å². The van der Waals surface area contributed by atoms with Crippen LogP contribution in [0, 0.1) is 0 Å². The van der Waals surface area contributed by atoms with Crippen molar-refractivity contribution in [3.63, 3.8) is 0 Å². The fraction of sp³-hybridized carbons (Fsp3) is 0.308.